The molecule has 24 heavy (non-hydrogen) atoms. The maximum absolute atomic E-state index is 12.9. The Morgan fingerprint density at radius 1 is 1.21 bits per heavy atom. The van der Waals surface area contributed by atoms with Gasteiger partial charge in [0.2, 0.25) is 5.91 Å². The number of benzene rings is 1. The van der Waals surface area contributed by atoms with E-state index in [4.69, 9.17) is 4.74 Å². The summed E-state index contributed by atoms with van der Waals surface area (Å²) in [7, 11) is 1.81. The van der Waals surface area contributed by atoms with E-state index in [-0.39, 0.29) is 17.4 Å². The van der Waals surface area contributed by atoms with Gasteiger partial charge in [-0.25, -0.2) is 0 Å². The van der Waals surface area contributed by atoms with E-state index in [1.807, 2.05) is 18.1 Å². The molecular weight excluding hydrogens is 302 g/mol. The number of carbonyl (C=O) groups excluding carboxylic acids is 1. The van der Waals surface area contributed by atoms with Gasteiger partial charge in [0, 0.05) is 32.0 Å². The Kier molecular flexibility index (Phi) is 4.13. The highest BCUT2D eigenvalue weighted by Crippen LogP contribution is 2.59. The highest BCUT2D eigenvalue weighted by atomic mass is 16.5. The lowest BCUT2D eigenvalue weighted by atomic mass is 9.59. The number of amides is 1. The van der Waals surface area contributed by atoms with Gasteiger partial charge in [-0.05, 0) is 43.1 Å². The van der Waals surface area contributed by atoms with Gasteiger partial charge < -0.3 is 14.7 Å². The first-order chi connectivity index (χ1) is 11.6. The van der Waals surface area contributed by atoms with Crippen molar-refractivity contribution in [2.45, 2.75) is 49.7 Å². The summed E-state index contributed by atoms with van der Waals surface area (Å²) in [5, 5.41) is 9.53. The molecule has 130 valence electrons. The van der Waals surface area contributed by atoms with Crippen molar-refractivity contribution in [3.05, 3.63) is 35.9 Å². The number of aliphatic hydroxyl groups is 1. The molecule has 0 spiro atoms. The lowest BCUT2D eigenvalue weighted by molar-refractivity contribution is -0.144. The molecule has 0 radical (unpaired) electrons. The summed E-state index contributed by atoms with van der Waals surface area (Å²) in [6, 6.07) is 10.6. The Balaban J connectivity index is 1.65. The Bertz CT molecular complexity index is 582. The summed E-state index contributed by atoms with van der Waals surface area (Å²) in [5.74, 6) is 1.23. The second kappa shape index (κ2) is 6.16. The van der Waals surface area contributed by atoms with E-state index in [9.17, 15) is 9.90 Å². The normalized spacial score (nSPS) is 35.8. The molecule has 4 nitrogen and oxygen atoms in total. The average molecular weight is 329 g/mol. The van der Waals surface area contributed by atoms with Crippen molar-refractivity contribution in [3.8, 4) is 0 Å². The third-order valence-corrected chi connectivity index (χ3v) is 6.72. The number of ether oxygens (including phenoxy) is 1. The van der Waals surface area contributed by atoms with Gasteiger partial charge in [-0.3, -0.25) is 4.79 Å². The third kappa shape index (κ3) is 2.47. The number of likely N-dealkylation sites (tertiary alicyclic amines) is 1. The average Bonchev–Trinajstić information content (AvgIpc) is 2.77. The van der Waals surface area contributed by atoms with Crippen molar-refractivity contribution in [1.29, 1.82) is 0 Å². The fourth-order valence-electron chi connectivity index (χ4n) is 5.46. The molecular formula is C20H27NO3. The van der Waals surface area contributed by atoms with Crippen LogP contribution in [0.5, 0.6) is 0 Å². The number of hydrogen-bond acceptors (Lipinski definition) is 3. The topological polar surface area (TPSA) is 49.8 Å². The lowest BCUT2D eigenvalue weighted by Gasteiger charge is -2.48. The van der Waals surface area contributed by atoms with Crippen molar-refractivity contribution in [2.24, 2.45) is 11.8 Å². The Morgan fingerprint density at radius 3 is 2.38 bits per heavy atom. The number of nitrogens with zero attached hydrogens (tertiary/aromatic N) is 1. The highest BCUT2D eigenvalue weighted by Gasteiger charge is 2.56. The van der Waals surface area contributed by atoms with Gasteiger partial charge in [0.15, 0.2) is 0 Å². The van der Waals surface area contributed by atoms with Crippen LogP contribution in [0.3, 0.4) is 0 Å². The van der Waals surface area contributed by atoms with Gasteiger partial charge in [0.1, 0.15) is 0 Å². The van der Waals surface area contributed by atoms with Gasteiger partial charge in [0.05, 0.1) is 12.2 Å². The molecule has 4 heteroatoms. The van der Waals surface area contributed by atoms with E-state index >= 15 is 0 Å². The first-order valence-electron chi connectivity index (χ1n) is 9.17. The largest absolute Gasteiger partial charge is 0.389 e. The molecule has 0 aromatic heterocycles. The summed E-state index contributed by atoms with van der Waals surface area (Å²) in [6.45, 7) is 0.999. The Morgan fingerprint density at radius 2 is 1.83 bits per heavy atom. The molecule has 1 aliphatic heterocycles. The van der Waals surface area contributed by atoms with Gasteiger partial charge in [-0.1, -0.05) is 30.3 Å². The van der Waals surface area contributed by atoms with Crippen LogP contribution in [0.1, 0.15) is 37.7 Å². The second-order valence-corrected chi connectivity index (χ2v) is 7.84. The summed E-state index contributed by atoms with van der Waals surface area (Å²) >= 11 is 0. The minimum absolute atomic E-state index is 0.0477. The van der Waals surface area contributed by atoms with Crippen LogP contribution in [0.4, 0.5) is 0 Å². The molecule has 1 saturated heterocycles. The fraction of sp³-hybridized carbons (Fsp3) is 0.650. The van der Waals surface area contributed by atoms with Crippen molar-refractivity contribution < 1.29 is 14.6 Å². The molecule has 4 rings (SSSR count). The SMILES string of the molecule is COC1CC2CC[C@@H](C1)C2(CC(=O)N1CC(O)C1)c1ccccc1. The lowest BCUT2D eigenvalue weighted by Crippen LogP contribution is -2.56. The molecule has 1 heterocycles. The quantitative estimate of drug-likeness (QED) is 0.922. The highest BCUT2D eigenvalue weighted by molar-refractivity contribution is 5.79. The van der Waals surface area contributed by atoms with Crippen LogP contribution < -0.4 is 0 Å². The molecule has 2 bridgehead atoms. The number of hydrogen-bond donors (Lipinski definition) is 1. The smallest absolute Gasteiger partial charge is 0.223 e. The molecule has 2 saturated carbocycles. The molecule has 3 fully saturated rings. The molecule has 3 aliphatic rings. The standard InChI is InChI=1S/C20H27NO3/c1-24-18-9-15-7-8-16(10-18)20(15,14-5-3-2-4-6-14)11-19(23)21-12-17(22)13-21/h2-6,15-18,22H,7-13H2,1H3/t15-,16?,18?,20?/m0/s1. The van der Waals surface area contributed by atoms with Gasteiger partial charge >= 0.3 is 0 Å². The van der Waals surface area contributed by atoms with Crippen LogP contribution in [-0.2, 0) is 14.9 Å². The number of aliphatic hydroxyl groups excluding tert-OH is 1. The first-order valence-corrected chi connectivity index (χ1v) is 9.17. The minimum atomic E-state index is -0.331. The summed E-state index contributed by atoms with van der Waals surface area (Å²) < 4.78 is 5.67. The van der Waals surface area contributed by atoms with E-state index in [0.717, 1.165) is 12.8 Å². The van der Waals surface area contributed by atoms with E-state index < -0.39 is 0 Å². The molecule has 1 N–H and O–H groups in total. The van der Waals surface area contributed by atoms with Crippen molar-refractivity contribution >= 4 is 5.91 Å². The molecule has 2 aliphatic carbocycles. The summed E-state index contributed by atoms with van der Waals surface area (Å²) in [5.41, 5.74) is 1.27. The zero-order valence-electron chi connectivity index (χ0n) is 14.4. The molecule has 4 atom stereocenters. The van der Waals surface area contributed by atoms with Crippen LogP contribution in [0.15, 0.2) is 30.3 Å². The molecule has 1 aromatic rings. The van der Waals surface area contributed by atoms with E-state index in [1.54, 1.807) is 0 Å². The van der Waals surface area contributed by atoms with Crippen molar-refractivity contribution in [1.82, 2.24) is 4.90 Å². The number of β-amino-alcohol motifs (C(OH)–C–C–N with tert-alkyl or cyclic N) is 1. The van der Waals surface area contributed by atoms with Crippen molar-refractivity contribution in [3.63, 3.8) is 0 Å². The van der Waals surface area contributed by atoms with Gasteiger partial charge in [0.25, 0.3) is 0 Å². The van der Waals surface area contributed by atoms with Crippen LogP contribution in [0, 0.1) is 11.8 Å². The summed E-state index contributed by atoms with van der Waals surface area (Å²) in [6.07, 6.45) is 5.07. The monoisotopic (exact) mass is 329 g/mol. The predicted molar refractivity (Wildman–Crippen MR) is 91.6 cm³/mol. The zero-order chi connectivity index (χ0) is 16.7. The van der Waals surface area contributed by atoms with E-state index in [2.05, 4.69) is 24.3 Å². The zero-order valence-corrected chi connectivity index (χ0v) is 14.4. The second-order valence-electron chi connectivity index (χ2n) is 7.84. The van der Waals surface area contributed by atoms with Crippen LogP contribution in [-0.4, -0.2) is 48.3 Å². The maximum atomic E-state index is 12.9. The molecule has 1 amide bonds. The van der Waals surface area contributed by atoms with Crippen LogP contribution in [0.25, 0.3) is 0 Å². The number of methoxy groups -OCH3 is 1. The number of carbonyl (C=O) groups is 1. The first kappa shape index (κ1) is 16.1. The fourth-order valence-corrected chi connectivity index (χ4v) is 5.46. The third-order valence-electron chi connectivity index (χ3n) is 6.72. The molecule has 1 aromatic carbocycles. The predicted octanol–water partition coefficient (Wildman–Crippen LogP) is 2.35. The number of rotatable bonds is 4. The molecule has 3 unspecified atom stereocenters. The van der Waals surface area contributed by atoms with Crippen molar-refractivity contribution in [2.75, 3.05) is 20.2 Å². The van der Waals surface area contributed by atoms with Crippen LogP contribution >= 0.6 is 0 Å². The maximum Gasteiger partial charge on any atom is 0.223 e. The summed E-state index contributed by atoms with van der Waals surface area (Å²) in [4.78, 5) is 14.7. The minimum Gasteiger partial charge on any atom is -0.389 e. The Labute approximate surface area is 143 Å². The number of fused-ring (bicyclic) bond motifs is 2. The van der Waals surface area contributed by atoms with E-state index in [0.29, 0.717) is 37.5 Å². The van der Waals surface area contributed by atoms with E-state index in [1.165, 1.54) is 18.4 Å². The van der Waals surface area contributed by atoms with Crippen LogP contribution in [0.2, 0.25) is 0 Å². The van der Waals surface area contributed by atoms with Gasteiger partial charge in [-0.2, -0.15) is 0 Å². The van der Waals surface area contributed by atoms with Gasteiger partial charge in [-0.15, -0.1) is 0 Å². The Hall–Kier alpha value is -1.39.